The SMILES string of the molecule is CC(C)CCNC(=O)C1(c2ccccc2F)CCC1. The van der Waals surface area contributed by atoms with Gasteiger partial charge in [-0.15, -0.1) is 0 Å². The Morgan fingerprint density at radius 3 is 2.58 bits per heavy atom. The third kappa shape index (κ3) is 2.80. The second-order valence-electron chi connectivity index (χ2n) is 5.85. The fourth-order valence-corrected chi connectivity index (χ4v) is 2.64. The molecule has 0 unspecified atom stereocenters. The van der Waals surface area contributed by atoms with Crippen LogP contribution in [0.2, 0.25) is 0 Å². The molecule has 104 valence electrons. The van der Waals surface area contributed by atoms with Gasteiger partial charge in [0.15, 0.2) is 0 Å². The van der Waals surface area contributed by atoms with Crippen molar-refractivity contribution >= 4 is 5.91 Å². The number of amides is 1. The lowest BCUT2D eigenvalue weighted by atomic mass is 9.63. The highest BCUT2D eigenvalue weighted by Crippen LogP contribution is 2.44. The highest BCUT2D eigenvalue weighted by Gasteiger charge is 2.46. The van der Waals surface area contributed by atoms with Crippen LogP contribution in [0.15, 0.2) is 24.3 Å². The second-order valence-corrected chi connectivity index (χ2v) is 5.85. The summed E-state index contributed by atoms with van der Waals surface area (Å²) in [6, 6.07) is 6.66. The summed E-state index contributed by atoms with van der Waals surface area (Å²) in [4.78, 5) is 12.4. The third-order valence-corrected chi connectivity index (χ3v) is 4.04. The van der Waals surface area contributed by atoms with Gasteiger partial charge in [0, 0.05) is 12.1 Å². The molecule has 0 heterocycles. The van der Waals surface area contributed by atoms with Crippen LogP contribution >= 0.6 is 0 Å². The van der Waals surface area contributed by atoms with E-state index in [1.807, 2.05) is 0 Å². The predicted molar refractivity (Wildman–Crippen MR) is 74.4 cm³/mol. The largest absolute Gasteiger partial charge is 0.355 e. The van der Waals surface area contributed by atoms with E-state index in [9.17, 15) is 9.18 Å². The van der Waals surface area contributed by atoms with Crippen molar-refractivity contribution in [3.63, 3.8) is 0 Å². The lowest BCUT2D eigenvalue weighted by Gasteiger charge is -2.40. The first-order valence-electron chi connectivity index (χ1n) is 7.09. The highest BCUT2D eigenvalue weighted by molar-refractivity contribution is 5.89. The Morgan fingerprint density at radius 1 is 1.37 bits per heavy atom. The molecule has 1 saturated carbocycles. The molecular weight excluding hydrogens is 241 g/mol. The molecule has 0 spiro atoms. The lowest BCUT2D eigenvalue weighted by molar-refractivity contribution is -0.130. The topological polar surface area (TPSA) is 29.1 Å². The van der Waals surface area contributed by atoms with Crippen LogP contribution < -0.4 is 5.32 Å². The van der Waals surface area contributed by atoms with Gasteiger partial charge in [-0.3, -0.25) is 4.79 Å². The number of rotatable bonds is 5. The van der Waals surface area contributed by atoms with Crippen LogP contribution in [0.3, 0.4) is 0 Å². The number of hydrogen-bond acceptors (Lipinski definition) is 1. The van der Waals surface area contributed by atoms with Crippen molar-refractivity contribution in [2.45, 2.75) is 44.9 Å². The van der Waals surface area contributed by atoms with Crippen molar-refractivity contribution in [2.24, 2.45) is 5.92 Å². The first kappa shape index (κ1) is 14.0. The maximum Gasteiger partial charge on any atom is 0.230 e. The number of carbonyl (C=O) groups is 1. The van der Waals surface area contributed by atoms with Crippen molar-refractivity contribution < 1.29 is 9.18 Å². The van der Waals surface area contributed by atoms with Gasteiger partial charge in [0.2, 0.25) is 5.91 Å². The average molecular weight is 263 g/mol. The van der Waals surface area contributed by atoms with Crippen LogP contribution in [-0.4, -0.2) is 12.5 Å². The Hall–Kier alpha value is -1.38. The summed E-state index contributed by atoms with van der Waals surface area (Å²) >= 11 is 0. The van der Waals surface area contributed by atoms with Gasteiger partial charge >= 0.3 is 0 Å². The van der Waals surface area contributed by atoms with Crippen molar-refractivity contribution in [1.82, 2.24) is 5.32 Å². The van der Waals surface area contributed by atoms with Gasteiger partial charge in [-0.1, -0.05) is 38.5 Å². The van der Waals surface area contributed by atoms with E-state index in [2.05, 4.69) is 19.2 Å². The Kier molecular flexibility index (Phi) is 4.23. The average Bonchev–Trinajstić information content (AvgIpc) is 2.29. The molecule has 3 heteroatoms. The zero-order valence-corrected chi connectivity index (χ0v) is 11.7. The molecule has 2 nitrogen and oxygen atoms in total. The minimum Gasteiger partial charge on any atom is -0.355 e. The molecular formula is C16H22FNO. The maximum atomic E-state index is 13.9. The van der Waals surface area contributed by atoms with E-state index in [1.165, 1.54) is 6.07 Å². The molecule has 1 fully saturated rings. The summed E-state index contributed by atoms with van der Waals surface area (Å²) in [5, 5.41) is 2.98. The molecule has 1 aliphatic carbocycles. The molecule has 0 atom stereocenters. The van der Waals surface area contributed by atoms with Gasteiger partial charge in [0.25, 0.3) is 0 Å². The molecule has 1 N–H and O–H groups in total. The first-order valence-corrected chi connectivity index (χ1v) is 7.09. The lowest BCUT2D eigenvalue weighted by Crippen LogP contribution is -2.50. The monoisotopic (exact) mass is 263 g/mol. The van der Waals surface area contributed by atoms with Crippen LogP contribution in [0, 0.1) is 11.7 Å². The number of halogens is 1. The standard InChI is InChI=1S/C16H22FNO/c1-12(2)8-11-18-15(19)16(9-5-10-16)13-6-3-4-7-14(13)17/h3-4,6-7,12H,5,8-11H2,1-2H3,(H,18,19). The van der Waals surface area contributed by atoms with Crippen LogP contribution in [0.25, 0.3) is 0 Å². The van der Waals surface area contributed by atoms with E-state index in [0.29, 0.717) is 18.0 Å². The van der Waals surface area contributed by atoms with Crippen LogP contribution in [0.4, 0.5) is 4.39 Å². The molecule has 2 rings (SSSR count). The molecule has 1 amide bonds. The van der Waals surface area contributed by atoms with Gasteiger partial charge in [-0.05, 0) is 31.2 Å². The minimum atomic E-state index is -0.623. The molecule has 0 radical (unpaired) electrons. The summed E-state index contributed by atoms with van der Waals surface area (Å²) in [6.45, 7) is 4.93. The zero-order valence-electron chi connectivity index (χ0n) is 11.7. The zero-order chi connectivity index (χ0) is 13.9. The normalized spacial score (nSPS) is 17.1. The van der Waals surface area contributed by atoms with Gasteiger partial charge in [-0.25, -0.2) is 4.39 Å². The number of carbonyl (C=O) groups excluding carboxylic acids is 1. The van der Waals surface area contributed by atoms with Crippen LogP contribution in [-0.2, 0) is 10.2 Å². The summed E-state index contributed by atoms with van der Waals surface area (Å²) in [5.41, 5.74) is -0.0641. The molecule has 1 aliphatic rings. The Bertz CT molecular complexity index is 452. The van der Waals surface area contributed by atoms with Gasteiger partial charge < -0.3 is 5.32 Å². The fourth-order valence-electron chi connectivity index (χ4n) is 2.64. The van der Waals surface area contributed by atoms with Crippen LogP contribution in [0.5, 0.6) is 0 Å². The molecule has 0 saturated heterocycles. The second kappa shape index (κ2) is 5.72. The molecule has 19 heavy (non-hydrogen) atoms. The van der Waals surface area contributed by atoms with Crippen molar-refractivity contribution in [1.29, 1.82) is 0 Å². The van der Waals surface area contributed by atoms with Gasteiger partial charge in [0.05, 0.1) is 5.41 Å². The number of hydrogen-bond donors (Lipinski definition) is 1. The van der Waals surface area contributed by atoms with E-state index in [0.717, 1.165) is 25.7 Å². The Morgan fingerprint density at radius 2 is 2.05 bits per heavy atom. The predicted octanol–water partition coefficient (Wildman–Crippen LogP) is 3.41. The smallest absolute Gasteiger partial charge is 0.230 e. The van der Waals surface area contributed by atoms with Crippen molar-refractivity contribution in [3.05, 3.63) is 35.6 Å². The summed E-state index contributed by atoms with van der Waals surface area (Å²) < 4.78 is 13.9. The van der Waals surface area contributed by atoms with Crippen molar-refractivity contribution in [2.75, 3.05) is 6.54 Å². The number of nitrogens with one attached hydrogen (secondary N) is 1. The summed E-state index contributed by atoms with van der Waals surface area (Å²) in [7, 11) is 0. The van der Waals surface area contributed by atoms with E-state index in [-0.39, 0.29) is 11.7 Å². The van der Waals surface area contributed by atoms with E-state index in [4.69, 9.17) is 0 Å². The molecule has 0 aromatic heterocycles. The Balaban J connectivity index is 2.10. The highest BCUT2D eigenvalue weighted by atomic mass is 19.1. The quantitative estimate of drug-likeness (QED) is 0.866. The number of benzene rings is 1. The van der Waals surface area contributed by atoms with Crippen LogP contribution in [0.1, 0.15) is 45.1 Å². The summed E-state index contributed by atoms with van der Waals surface area (Å²) in [6.07, 6.45) is 3.45. The van der Waals surface area contributed by atoms with E-state index < -0.39 is 5.41 Å². The van der Waals surface area contributed by atoms with Crippen molar-refractivity contribution in [3.8, 4) is 0 Å². The minimum absolute atomic E-state index is 0.00972. The third-order valence-electron chi connectivity index (χ3n) is 4.04. The fraction of sp³-hybridized carbons (Fsp3) is 0.562. The summed E-state index contributed by atoms with van der Waals surface area (Å²) in [5.74, 6) is 0.289. The van der Waals surface area contributed by atoms with Gasteiger partial charge in [-0.2, -0.15) is 0 Å². The van der Waals surface area contributed by atoms with E-state index in [1.54, 1.807) is 18.2 Å². The molecule has 1 aromatic rings. The Labute approximate surface area is 114 Å². The molecule has 1 aromatic carbocycles. The first-order chi connectivity index (χ1) is 9.06. The van der Waals surface area contributed by atoms with Gasteiger partial charge in [0.1, 0.15) is 5.82 Å². The maximum absolute atomic E-state index is 13.9. The molecule has 0 bridgehead atoms. The van der Waals surface area contributed by atoms with E-state index >= 15 is 0 Å². The molecule has 0 aliphatic heterocycles.